The zero-order chi connectivity index (χ0) is 23.2. The number of benzene rings is 1. The summed E-state index contributed by atoms with van der Waals surface area (Å²) in [6.07, 6.45) is 1.66. The Kier molecular flexibility index (Phi) is 8.96. The minimum atomic E-state index is -0.353. The zero-order valence-corrected chi connectivity index (χ0v) is 20.5. The highest BCUT2D eigenvalue weighted by Gasteiger charge is 2.29. The third-order valence-corrected chi connectivity index (χ3v) is 5.28. The van der Waals surface area contributed by atoms with E-state index in [1.807, 2.05) is 39.0 Å². The third kappa shape index (κ3) is 7.86. The van der Waals surface area contributed by atoms with Gasteiger partial charge in [0.25, 0.3) is 0 Å². The summed E-state index contributed by atoms with van der Waals surface area (Å²) in [7, 11) is 0. The van der Waals surface area contributed by atoms with Crippen LogP contribution in [-0.2, 0) is 21.6 Å². The van der Waals surface area contributed by atoms with Crippen molar-refractivity contribution in [1.82, 2.24) is 4.98 Å². The van der Waals surface area contributed by atoms with Crippen molar-refractivity contribution in [2.24, 2.45) is 17.8 Å². The summed E-state index contributed by atoms with van der Waals surface area (Å²) >= 11 is 11.5. The molecule has 168 valence electrons. The molecule has 0 bridgehead atoms. The highest BCUT2D eigenvalue weighted by atomic mass is 35.5. The summed E-state index contributed by atoms with van der Waals surface area (Å²) < 4.78 is 11.6. The van der Waals surface area contributed by atoms with Gasteiger partial charge in [0, 0.05) is 6.07 Å². The van der Waals surface area contributed by atoms with Crippen molar-refractivity contribution in [2.45, 2.75) is 53.6 Å². The van der Waals surface area contributed by atoms with Crippen LogP contribution in [0.5, 0.6) is 11.6 Å². The van der Waals surface area contributed by atoms with Crippen LogP contribution in [0.15, 0.2) is 53.0 Å². The third-order valence-electron chi connectivity index (χ3n) is 5.03. The molecule has 0 aliphatic heterocycles. The van der Waals surface area contributed by atoms with Gasteiger partial charge in [0.2, 0.25) is 5.88 Å². The molecule has 1 aromatic heterocycles. The lowest BCUT2D eigenvalue weighted by Gasteiger charge is -2.23. The number of hydrogen-bond acceptors (Lipinski definition) is 4. The first-order valence-corrected chi connectivity index (χ1v) is 11.2. The fourth-order valence-corrected chi connectivity index (χ4v) is 3.77. The smallest absolute Gasteiger partial charge is 0.310 e. The van der Waals surface area contributed by atoms with Gasteiger partial charge in [0.05, 0.1) is 11.6 Å². The lowest BCUT2D eigenvalue weighted by molar-refractivity contribution is -0.153. The van der Waals surface area contributed by atoms with Gasteiger partial charge in [-0.2, -0.15) is 0 Å². The van der Waals surface area contributed by atoms with E-state index in [4.69, 9.17) is 32.7 Å². The first-order chi connectivity index (χ1) is 14.5. The second-order valence-corrected chi connectivity index (χ2v) is 10.0. The molecule has 0 saturated heterocycles. The summed E-state index contributed by atoms with van der Waals surface area (Å²) in [6.45, 7) is 12.4. The lowest BCUT2D eigenvalue weighted by Crippen LogP contribution is -2.28. The van der Waals surface area contributed by atoms with Crippen molar-refractivity contribution in [2.75, 3.05) is 0 Å². The number of esters is 1. The summed E-state index contributed by atoms with van der Waals surface area (Å²) in [4.78, 5) is 17.1. The molecule has 2 aromatic rings. The van der Waals surface area contributed by atoms with Crippen LogP contribution in [-0.4, -0.2) is 11.0 Å². The molecule has 6 heteroatoms. The first-order valence-electron chi connectivity index (χ1n) is 10.4. The molecule has 0 fully saturated rings. The summed E-state index contributed by atoms with van der Waals surface area (Å²) in [5, 5.41) is 0. The van der Waals surface area contributed by atoms with Crippen molar-refractivity contribution in [3.05, 3.63) is 64.3 Å². The second-order valence-electron chi connectivity index (χ2n) is 9.04. The zero-order valence-electron chi connectivity index (χ0n) is 19.0. The molecule has 0 spiro atoms. The summed E-state index contributed by atoms with van der Waals surface area (Å²) in [5.74, 6) is 0.421. The molecule has 4 nitrogen and oxygen atoms in total. The van der Waals surface area contributed by atoms with Crippen LogP contribution in [0, 0.1) is 17.8 Å². The standard InChI is InChI=1S/C25H31Cl2NO3/c1-16(2)23(17(3)14-21(26)27)24(29)30-15-19-8-7-9-22(28-19)31-20-12-10-18(11-13-20)25(4,5)6/h7-14,16-17,23H,15H2,1-6H3. The average molecular weight is 464 g/mol. The molecule has 2 unspecified atom stereocenters. The molecule has 2 rings (SSSR count). The molecular weight excluding hydrogens is 433 g/mol. The van der Waals surface area contributed by atoms with Gasteiger partial charge in [-0.05, 0) is 41.0 Å². The Morgan fingerprint density at radius 2 is 1.71 bits per heavy atom. The molecule has 1 heterocycles. The van der Waals surface area contributed by atoms with Gasteiger partial charge in [0.1, 0.15) is 16.8 Å². The maximum atomic E-state index is 12.7. The number of hydrogen-bond donors (Lipinski definition) is 0. The molecular formula is C25H31Cl2NO3. The first kappa shape index (κ1) is 25.2. The topological polar surface area (TPSA) is 48.4 Å². The molecule has 0 saturated carbocycles. The largest absolute Gasteiger partial charge is 0.459 e. The van der Waals surface area contributed by atoms with Crippen LogP contribution < -0.4 is 4.74 Å². The van der Waals surface area contributed by atoms with E-state index >= 15 is 0 Å². The number of carbonyl (C=O) groups is 1. The van der Waals surface area contributed by atoms with Crippen LogP contribution in [0.1, 0.15) is 52.8 Å². The Bertz CT molecular complexity index is 898. The van der Waals surface area contributed by atoms with Crippen LogP contribution in [0.3, 0.4) is 0 Å². The van der Waals surface area contributed by atoms with Gasteiger partial charge in [-0.3, -0.25) is 4.79 Å². The molecule has 2 atom stereocenters. The van der Waals surface area contributed by atoms with Crippen molar-refractivity contribution in [3.63, 3.8) is 0 Å². The Hall–Kier alpha value is -2.04. The highest BCUT2D eigenvalue weighted by molar-refractivity contribution is 6.55. The molecule has 1 aromatic carbocycles. The number of ether oxygens (including phenoxy) is 2. The van der Waals surface area contributed by atoms with E-state index in [0.717, 1.165) is 0 Å². The number of allylic oxidation sites excluding steroid dienone is 1. The predicted molar refractivity (Wildman–Crippen MR) is 127 cm³/mol. The number of aromatic nitrogens is 1. The van der Waals surface area contributed by atoms with Crippen LogP contribution in [0.2, 0.25) is 0 Å². The Morgan fingerprint density at radius 1 is 1.06 bits per heavy atom. The predicted octanol–water partition coefficient (Wildman–Crippen LogP) is 7.44. The fraction of sp³-hybridized carbons (Fsp3) is 0.440. The fourth-order valence-electron chi connectivity index (χ4n) is 3.38. The van der Waals surface area contributed by atoms with E-state index in [1.165, 1.54) is 5.56 Å². The molecule has 0 N–H and O–H groups in total. The maximum Gasteiger partial charge on any atom is 0.310 e. The van der Waals surface area contributed by atoms with Crippen molar-refractivity contribution in [3.8, 4) is 11.6 Å². The highest BCUT2D eigenvalue weighted by Crippen LogP contribution is 2.28. The maximum absolute atomic E-state index is 12.7. The molecule has 0 amide bonds. The number of carbonyl (C=O) groups excluding carboxylic acids is 1. The van der Waals surface area contributed by atoms with Crippen LogP contribution in [0.25, 0.3) is 0 Å². The minimum Gasteiger partial charge on any atom is -0.459 e. The van der Waals surface area contributed by atoms with Crippen molar-refractivity contribution in [1.29, 1.82) is 0 Å². The number of pyridine rings is 1. The SMILES string of the molecule is CC(C)C(C(=O)OCc1cccc(Oc2ccc(C(C)(C)C)cc2)n1)C(C)C=C(Cl)Cl. The summed E-state index contributed by atoms with van der Waals surface area (Å²) in [6, 6.07) is 13.4. The Labute approximate surface area is 195 Å². The molecule has 0 aliphatic carbocycles. The van der Waals surface area contributed by atoms with Crippen LogP contribution in [0.4, 0.5) is 0 Å². The van der Waals surface area contributed by atoms with Gasteiger partial charge in [0.15, 0.2) is 0 Å². The van der Waals surface area contributed by atoms with E-state index in [-0.39, 0.29) is 40.2 Å². The van der Waals surface area contributed by atoms with Crippen LogP contribution >= 0.6 is 23.2 Å². The quantitative estimate of drug-likeness (QED) is 0.381. The monoisotopic (exact) mass is 463 g/mol. The molecule has 0 radical (unpaired) electrons. The minimum absolute atomic E-state index is 0.0628. The normalized spacial score (nSPS) is 13.5. The van der Waals surface area contributed by atoms with E-state index in [9.17, 15) is 4.79 Å². The molecule has 0 aliphatic rings. The van der Waals surface area contributed by atoms with E-state index in [1.54, 1.807) is 18.2 Å². The second kappa shape index (κ2) is 11.0. The average Bonchev–Trinajstić information content (AvgIpc) is 2.65. The number of nitrogens with zero attached hydrogens (tertiary/aromatic N) is 1. The Balaban J connectivity index is 2.03. The lowest BCUT2D eigenvalue weighted by atomic mass is 9.84. The Morgan fingerprint density at radius 3 is 2.26 bits per heavy atom. The van der Waals surface area contributed by atoms with Gasteiger partial charge < -0.3 is 9.47 Å². The van der Waals surface area contributed by atoms with E-state index in [2.05, 4.69) is 37.9 Å². The van der Waals surface area contributed by atoms with Crippen molar-refractivity contribution < 1.29 is 14.3 Å². The number of halogens is 2. The van der Waals surface area contributed by atoms with Gasteiger partial charge in [-0.15, -0.1) is 0 Å². The van der Waals surface area contributed by atoms with Crippen molar-refractivity contribution >= 4 is 29.2 Å². The number of rotatable bonds is 8. The van der Waals surface area contributed by atoms with Gasteiger partial charge >= 0.3 is 5.97 Å². The summed E-state index contributed by atoms with van der Waals surface area (Å²) in [5.41, 5.74) is 1.92. The van der Waals surface area contributed by atoms with E-state index < -0.39 is 0 Å². The van der Waals surface area contributed by atoms with Gasteiger partial charge in [-0.1, -0.05) is 89.0 Å². The molecule has 31 heavy (non-hydrogen) atoms. The van der Waals surface area contributed by atoms with E-state index in [0.29, 0.717) is 17.3 Å². The van der Waals surface area contributed by atoms with Gasteiger partial charge in [-0.25, -0.2) is 4.98 Å².